The molecule has 0 saturated carbocycles. The summed E-state index contributed by atoms with van der Waals surface area (Å²) in [5.41, 5.74) is 1.08. The molecular weight excluding hydrogens is 482 g/mol. The molecule has 0 aliphatic carbocycles. The average Bonchev–Trinajstić information content (AvgIpc) is 3.65. The highest BCUT2D eigenvalue weighted by molar-refractivity contribution is 6.03. The maximum Gasteiger partial charge on any atom is 0.259 e. The van der Waals surface area contributed by atoms with Crippen molar-refractivity contribution in [1.82, 2.24) is 24.6 Å². The number of benzene rings is 1. The summed E-state index contributed by atoms with van der Waals surface area (Å²) in [5, 5.41) is 17.2. The molecule has 0 radical (unpaired) electrons. The second kappa shape index (κ2) is 9.36. The quantitative estimate of drug-likeness (QED) is 0.425. The van der Waals surface area contributed by atoms with Crippen LogP contribution in [0.15, 0.2) is 48.9 Å². The van der Waals surface area contributed by atoms with Gasteiger partial charge in [-0.1, -0.05) is 0 Å². The molecule has 2 aliphatic rings. The second-order valence-corrected chi connectivity index (χ2v) is 9.24. The molecule has 12 heteroatoms. The normalized spacial score (nSPS) is 19.6. The molecule has 4 aromatic rings. The molecule has 2 saturated heterocycles. The number of hydrogen-bond donors (Lipinski definition) is 2. The van der Waals surface area contributed by atoms with Gasteiger partial charge in [0.1, 0.15) is 17.5 Å². The van der Waals surface area contributed by atoms with Gasteiger partial charge in [0, 0.05) is 37.6 Å². The number of carbonyl (C=O) groups is 1. The van der Waals surface area contributed by atoms with Gasteiger partial charge in [-0.2, -0.15) is 4.52 Å². The largest absolute Gasteiger partial charge is 0.391 e. The zero-order valence-electron chi connectivity index (χ0n) is 19.8. The number of fused-ring (bicyclic) bond motifs is 1. The van der Waals surface area contributed by atoms with Gasteiger partial charge in [-0.3, -0.25) is 4.79 Å². The first kappa shape index (κ1) is 23.2. The van der Waals surface area contributed by atoms with Gasteiger partial charge in [0.05, 0.1) is 23.9 Å². The van der Waals surface area contributed by atoms with Crippen LogP contribution in [-0.4, -0.2) is 61.3 Å². The minimum absolute atomic E-state index is 0.260. The third-order valence-corrected chi connectivity index (χ3v) is 6.80. The number of hydrogen-bond acceptors (Lipinski definition) is 8. The third kappa shape index (κ3) is 4.44. The lowest BCUT2D eigenvalue weighted by Gasteiger charge is -2.26. The van der Waals surface area contributed by atoms with Crippen LogP contribution in [0.2, 0.25) is 0 Å². The fraction of sp³-hybridized carbons (Fsp3) is 0.320. The summed E-state index contributed by atoms with van der Waals surface area (Å²) < 4.78 is 29.9. The van der Waals surface area contributed by atoms with Gasteiger partial charge in [0.15, 0.2) is 11.5 Å². The molecule has 2 aliphatic heterocycles. The van der Waals surface area contributed by atoms with Gasteiger partial charge in [-0.15, -0.1) is 5.10 Å². The van der Waals surface area contributed by atoms with Crippen molar-refractivity contribution >= 4 is 29.1 Å². The Labute approximate surface area is 210 Å². The van der Waals surface area contributed by atoms with Crippen molar-refractivity contribution in [3.8, 4) is 0 Å². The second-order valence-electron chi connectivity index (χ2n) is 9.24. The first-order chi connectivity index (χ1) is 18.0. The Hall–Kier alpha value is -4.19. The molecular formula is C25H24F2N8O2. The van der Waals surface area contributed by atoms with E-state index in [1.807, 2.05) is 9.80 Å². The average molecular weight is 507 g/mol. The number of nitrogens with one attached hydrogen (secondary N) is 1. The summed E-state index contributed by atoms with van der Waals surface area (Å²) in [6.07, 6.45) is 6.10. The molecule has 6 rings (SSSR count). The number of nitrogens with zero attached hydrogens (tertiary/aromatic N) is 7. The predicted molar refractivity (Wildman–Crippen MR) is 131 cm³/mol. The van der Waals surface area contributed by atoms with Crippen molar-refractivity contribution in [1.29, 1.82) is 0 Å². The number of amides is 1. The Bertz CT molecular complexity index is 1460. The Morgan fingerprint density at radius 2 is 1.86 bits per heavy atom. The van der Waals surface area contributed by atoms with Crippen LogP contribution in [-0.2, 0) is 0 Å². The minimum Gasteiger partial charge on any atom is -0.391 e. The number of rotatable bonds is 5. The number of carbonyl (C=O) groups excluding carboxylic acids is 1. The lowest BCUT2D eigenvalue weighted by Crippen LogP contribution is -2.25. The van der Waals surface area contributed by atoms with E-state index in [2.05, 4.69) is 25.4 Å². The molecule has 37 heavy (non-hydrogen) atoms. The van der Waals surface area contributed by atoms with Crippen LogP contribution >= 0.6 is 0 Å². The Kier molecular flexibility index (Phi) is 5.87. The van der Waals surface area contributed by atoms with E-state index in [1.54, 1.807) is 12.1 Å². The van der Waals surface area contributed by atoms with Crippen LogP contribution in [0.3, 0.4) is 0 Å². The van der Waals surface area contributed by atoms with Crippen molar-refractivity contribution < 1.29 is 18.7 Å². The molecule has 10 nitrogen and oxygen atoms in total. The van der Waals surface area contributed by atoms with Gasteiger partial charge >= 0.3 is 0 Å². The summed E-state index contributed by atoms with van der Waals surface area (Å²) in [4.78, 5) is 29.5. The van der Waals surface area contributed by atoms with Crippen LogP contribution in [0, 0.1) is 11.6 Å². The number of aliphatic hydroxyl groups is 1. The molecule has 190 valence electrons. The molecule has 2 fully saturated rings. The highest BCUT2D eigenvalue weighted by atomic mass is 19.1. The molecule has 5 heterocycles. The van der Waals surface area contributed by atoms with E-state index in [4.69, 9.17) is 0 Å². The molecule has 1 aromatic carbocycles. The Morgan fingerprint density at radius 3 is 2.65 bits per heavy atom. The number of anilines is 3. The fourth-order valence-corrected chi connectivity index (χ4v) is 4.95. The van der Waals surface area contributed by atoms with Crippen molar-refractivity contribution in [2.75, 3.05) is 34.8 Å². The van der Waals surface area contributed by atoms with Crippen LogP contribution in [0.4, 0.5) is 26.4 Å². The SMILES string of the molecule is O=C(Nc1cnc2ccc(N3CCC[C@@H]3c3cc(F)ccc3F)nn12)c1cnc(N2CC[C@H](O)C2)nc1. The van der Waals surface area contributed by atoms with Gasteiger partial charge in [-0.05, 0) is 49.6 Å². The fourth-order valence-electron chi connectivity index (χ4n) is 4.95. The molecule has 0 unspecified atom stereocenters. The number of imidazole rings is 1. The predicted octanol–water partition coefficient (Wildman–Crippen LogP) is 2.96. The highest BCUT2D eigenvalue weighted by Gasteiger charge is 2.30. The molecule has 1 amide bonds. The number of aromatic nitrogens is 5. The topological polar surface area (TPSA) is 112 Å². The maximum absolute atomic E-state index is 14.5. The van der Waals surface area contributed by atoms with Gasteiger partial charge in [-0.25, -0.2) is 23.7 Å². The van der Waals surface area contributed by atoms with Gasteiger partial charge in [0.2, 0.25) is 5.95 Å². The van der Waals surface area contributed by atoms with Gasteiger partial charge in [0.25, 0.3) is 5.91 Å². The third-order valence-electron chi connectivity index (χ3n) is 6.80. The molecule has 2 atom stereocenters. The molecule has 2 N–H and O–H groups in total. The summed E-state index contributed by atoms with van der Waals surface area (Å²) in [6, 6.07) is 6.68. The summed E-state index contributed by atoms with van der Waals surface area (Å²) in [7, 11) is 0. The minimum atomic E-state index is -0.485. The first-order valence-electron chi connectivity index (χ1n) is 12.1. The zero-order valence-corrected chi connectivity index (χ0v) is 19.8. The van der Waals surface area contributed by atoms with E-state index in [0.717, 1.165) is 18.6 Å². The van der Waals surface area contributed by atoms with E-state index in [9.17, 15) is 18.7 Å². The van der Waals surface area contributed by atoms with Crippen molar-refractivity contribution in [2.45, 2.75) is 31.4 Å². The number of aliphatic hydroxyl groups excluding tert-OH is 1. The first-order valence-corrected chi connectivity index (χ1v) is 12.1. The van der Waals surface area contributed by atoms with E-state index >= 15 is 0 Å². The Morgan fingerprint density at radius 1 is 1.03 bits per heavy atom. The monoisotopic (exact) mass is 506 g/mol. The molecule has 0 spiro atoms. The maximum atomic E-state index is 14.5. The number of halogens is 2. The highest BCUT2D eigenvalue weighted by Crippen LogP contribution is 2.36. The van der Waals surface area contributed by atoms with Gasteiger partial charge < -0.3 is 20.2 Å². The van der Waals surface area contributed by atoms with E-state index in [0.29, 0.717) is 61.3 Å². The smallest absolute Gasteiger partial charge is 0.259 e. The molecule has 0 bridgehead atoms. The summed E-state index contributed by atoms with van der Waals surface area (Å²) in [6.45, 7) is 1.75. The lowest BCUT2D eigenvalue weighted by atomic mass is 10.0. The standard InChI is InChI=1S/C25H24F2N8O2/c26-16-3-4-19(27)18(10-16)20-2-1-8-34(20)22-6-5-21-28-13-23(35(21)32-22)31-24(37)15-11-29-25(30-12-15)33-9-7-17(36)14-33/h3-6,10-13,17,20,36H,1-2,7-9,14H2,(H,31,37)/t17-,20+/m0/s1. The van der Waals surface area contributed by atoms with E-state index in [-0.39, 0.29) is 11.6 Å². The lowest BCUT2D eigenvalue weighted by molar-refractivity contribution is 0.102. The Balaban J connectivity index is 1.23. The van der Waals surface area contributed by atoms with E-state index < -0.39 is 23.6 Å². The van der Waals surface area contributed by atoms with E-state index in [1.165, 1.54) is 29.2 Å². The van der Waals surface area contributed by atoms with Crippen molar-refractivity contribution in [2.24, 2.45) is 0 Å². The van der Waals surface area contributed by atoms with Crippen molar-refractivity contribution in [3.05, 3.63) is 71.7 Å². The number of β-amino-alcohol motifs (C(OH)–C–C–N with tert-alkyl or cyclic N) is 1. The van der Waals surface area contributed by atoms with Crippen molar-refractivity contribution in [3.63, 3.8) is 0 Å². The van der Waals surface area contributed by atoms with Crippen LogP contribution < -0.4 is 15.1 Å². The van der Waals surface area contributed by atoms with Crippen LogP contribution in [0.5, 0.6) is 0 Å². The molecule has 3 aromatic heterocycles. The zero-order chi connectivity index (χ0) is 25.5. The summed E-state index contributed by atoms with van der Waals surface area (Å²) >= 11 is 0. The van der Waals surface area contributed by atoms with Crippen LogP contribution in [0.25, 0.3) is 5.65 Å². The summed E-state index contributed by atoms with van der Waals surface area (Å²) in [5.74, 6) is 0.00587. The van der Waals surface area contributed by atoms with Crippen LogP contribution in [0.1, 0.15) is 41.2 Å².